The Kier molecular flexibility index (Phi) is 2.42. The normalized spacial score (nSPS) is 9.92. The van der Waals surface area contributed by atoms with Crippen LogP contribution in [0.15, 0.2) is 16.6 Å². The lowest BCUT2D eigenvalue weighted by atomic mass is 10.2. The van der Waals surface area contributed by atoms with Gasteiger partial charge >= 0.3 is 5.97 Å². The third-order valence-corrected chi connectivity index (χ3v) is 1.81. The van der Waals surface area contributed by atoms with Crippen LogP contribution in [0.3, 0.4) is 0 Å². The van der Waals surface area contributed by atoms with E-state index in [0.29, 0.717) is 6.07 Å². The summed E-state index contributed by atoms with van der Waals surface area (Å²) < 4.78 is 24.9. The molecule has 0 bridgehead atoms. The van der Waals surface area contributed by atoms with Crippen molar-refractivity contribution in [2.45, 2.75) is 0 Å². The second kappa shape index (κ2) is 3.18. The second-order valence-electron chi connectivity index (χ2n) is 2.06. The van der Waals surface area contributed by atoms with E-state index >= 15 is 0 Å². The van der Waals surface area contributed by atoms with E-state index in [1.54, 1.807) is 0 Å². The molecule has 0 aliphatic rings. The Hall–Kier alpha value is -0.970. The SMILES string of the molecule is O=C(O)c1cc(F)c(F)c(Br)c1. The molecule has 0 spiro atoms. The standard InChI is InChI=1S/C7H3BrF2O2/c8-4-1-3(7(11)12)2-5(9)6(4)10/h1-2H,(H,11,12). The van der Waals surface area contributed by atoms with Crippen LogP contribution in [0, 0.1) is 11.6 Å². The topological polar surface area (TPSA) is 37.3 Å². The Morgan fingerprint density at radius 2 is 2.00 bits per heavy atom. The van der Waals surface area contributed by atoms with Gasteiger partial charge in [-0.2, -0.15) is 0 Å². The molecule has 64 valence electrons. The van der Waals surface area contributed by atoms with Crippen LogP contribution >= 0.6 is 15.9 Å². The third kappa shape index (κ3) is 1.61. The highest BCUT2D eigenvalue weighted by molar-refractivity contribution is 9.10. The van der Waals surface area contributed by atoms with E-state index in [2.05, 4.69) is 15.9 Å². The maximum absolute atomic E-state index is 12.6. The fourth-order valence-electron chi connectivity index (χ4n) is 0.679. The first-order valence-electron chi connectivity index (χ1n) is 2.90. The third-order valence-electron chi connectivity index (χ3n) is 1.23. The van der Waals surface area contributed by atoms with Crippen LogP contribution < -0.4 is 0 Å². The highest BCUT2D eigenvalue weighted by Crippen LogP contribution is 2.20. The molecular weight excluding hydrogens is 234 g/mol. The summed E-state index contributed by atoms with van der Waals surface area (Å²) in [5.41, 5.74) is -0.291. The summed E-state index contributed by atoms with van der Waals surface area (Å²) in [6.07, 6.45) is 0. The first kappa shape index (κ1) is 9.12. The number of halogens is 3. The average molecular weight is 237 g/mol. The van der Waals surface area contributed by atoms with E-state index in [-0.39, 0.29) is 10.0 Å². The molecule has 1 aromatic carbocycles. The van der Waals surface area contributed by atoms with Crippen molar-refractivity contribution in [3.8, 4) is 0 Å². The van der Waals surface area contributed by atoms with Crippen molar-refractivity contribution >= 4 is 21.9 Å². The zero-order valence-corrected chi connectivity index (χ0v) is 7.23. The van der Waals surface area contributed by atoms with Crippen molar-refractivity contribution in [3.63, 3.8) is 0 Å². The number of carboxylic acid groups (broad SMARTS) is 1. The molecule has 0 fully saturated rings. The molecule has 0 unspecified atom stereocenters. The molecule has 0 atom stereocenters. The van der Waals surface area contributed by atoms with E-state index in [1.807, 2.05) is 0 Å². The molecule has 0 saturated carbocycles. The van der Waals surface area contributed by atoms with Crippen molar-refractivity contribution in [1.82, 2.24) is 0 Å². The molecule has 0 aliphatic carbocycles. The largest absolute Gasteiger partial charge is 0.478 e. The minimum absolute atomic E-state index is 0.195. The maximum atomic E-state index is 12.6. The van der Waals surface area contributed by atoms with Gasteiger partial charge in [-0.1, -0.05) is 0 Å². The first-order valence-corrected chi connectivity index (χ1v) is 3.69. The molecule has 0 aliphatic heterocycles. The molecule has 5 heteroatoms. The van der Waals surface area contributed by atoms with Gasteiger partial charge in [-0.25, -0.2) is 13.6 Å². The van der Waals surface area contributed by atoms with E-state index < -0.39 is 17.6 Å². The van der Waals surface area contributed by atoms with Crippen molar-refractivity contribution < 1.29 is 18.7 Å². The fraction of sp³-hybridized carbons (Fsp3) is 0. The number of hydrogen-bond donors (Lipinski definition) is 1. The van der Waals surface area contributed by atoms with Crippen LogP contribution in [0.2, 0.25) is 0 Å². The number of hydrogen-bond acceptors (Lipinski definition) is 1. The molecule has 0 amide bonds. The highest BCUT2D eigenvalue weighted by atomic mass is 79.9. The second-order valence-corrected chi connectivity index (χ2v) is 2.91. The Bertz CT molecular complexity index is 315. The zero-order chi connectivity index (χ0) is 9.30. The van der Waals surface area contributed by atoms with Crippen molar-refractivity contribution in [1.29, 1.82) is 0 Å². The van der Waals surface area contributed by atoms with Crippen LogP contribution in [-0.4, -0.2) is 11.1 Å². The Morgan fingerprint density at radius 1 is 1.42 bits per heavy atom. The summed E-state index contributed by atoms with van der Waals surface area (Å²) >= 11 is 2.69. The molecule has 1 N–H and O–H groups in total. The maximum Gasteiger partial charge on any atom is 0.335 e. The number of rotatable bonds is 1. The summed E-state index contributed by atoms with van der Waals surface area (Å²) in [7, 11) is 0. The first-order chi connectivity index (χ1) is 5.52. The monoisotopic (exact) mass is 236 g/mol. The molecule has 0 radical (unpaired) electrons. The van der Waals surface area contributed by atoms with E-state index in [9.17, 15) is 13.6 Å². The molecule has 12 heavy (non-hydrogen) atoms. The van der Waals surface area contributed by atoms with Gasteiger partial charge in [0, 0.05) is 0 Å². The van der Waals surface area contributed by atoms with Crippen molar-refractivity contribution in [2.75, 3.05) is 0 Å². The Morgan fingerprint density at radius 3 is 2.42 bits per heavy atom. The van der Waals surface area contributed by atoms with Crippen molar-refractivity contribution in [3.05, 3.63) is 33.8 Å². The molecule has 0 saturated heterocycles. The lowest BCUT2D eigenvalue weighted by molar-refractivity contribution is 0.0696. The van der Waals surface area contributed by atoms with E-state index in [0.717, 1.165) is 6.07 Å². The smallest absolute Gasteiger partial charge is 0.335 e. The van der Waals surface area contributed by atoms with Gasteiger partial charge in [0.1, 0.15) is 0 Å². The number of aromatic carboxylic acids is 1. The Balaban J connectivity index is 3.31. The number of carboxylic acids is 1. The quantitative estimate of drug-likeness (QED) is 0.761. The van der Waals surface area contributed by atoms with Crippen LogP contribution in [-0.2, 0) is 0 Å². The highest BCUT2D eigenvalue weighted by Gasteiger charge is 2.11. The average Bonchev–Trinajstić information content (AvgIpc) is 1.99. The minimum atomic E-state index is -1.30. The van der Waals surface area contributed by atoms with Gasteiger partial charge in [0.25, 0.3) is 0 Å². The van der Waals surface area contributed by atoms with Crippen LogP contribution in [0.4, 0.5) is 8.78 Å². The fourth-order valence-corrected chi connectivity index (χ4v) is 1.12. The van der Waals surface area contributed by atoms with Gasteiger partial charge in [-0.05, 0) is 28.1 Å². The summed E-state index contributed by atoms with van der Waals surface area (Å²) in [5.74, 6) is -3.56. The van der Waals surface area contributed by atoms with Crippen molar-refractivity contribution in [2.24, 2.45) is 0 Å². The van der Waals surface area contributed by atoms with Gasteiger partial charge < -0.3 is 5.11 Å². The van der Waals surface area contributed by atoms with E-state index in [1.165, 1.54) is 0 Å². The molecule has 2 nitrogen and oxygen atoms in total. The minimum Gasteiger partial charge on any atom is -0.478 e. The number of benzene rings is 1. The lowest BCUT2D eigenvalue weighted by Gasteiger charge is -1.98. The molecule has 1 aromatic rings. The predicted molar refractivity (Wildman–Crippen MR) is 41.0 cm³/mol. The van der Waals surface area contributed by atoms with Gasteiger partial charge in [0.05, 0.1) is 10.0 Å². The van der Waals surface area contributed by atoms with Crippen LogP contribution in [0.5, 0.6) is 0 Å². The summed E-state index contributed by atoms with van der Waals surface area (Å²) in [5, 5.41) is 8.41. The Labute approximate surface area is 75.0 Å². The van der Waals surface area contributed by atoms with Gasteiger partial charge in [0.2, 0.25) is 0 Å². The van der Waals surface area contributed by atoms with Crippen LogP contribution in [0.1, 0.15) is 10.4 Å². The number of carbonyl (C=O) groups is 1. The summed E-state index contributed by atoms with van der Waals surface area (Å²) in [4.78, 5) is 10.3. The predicted octanol–water partition coefficient (Wildman–Crippen LogP) is 2.43. The summed E-state index contributed by atoms with van der Waals surface area (Å²) in [6.45, 7) is 0. The summed E-state index contributed by atoms with van der Waals surface area (Å²) in [6, 6.07) is 1.63. The van der Waals surface area contributed by atoms with E-state index in [4.69, 9.17) is 5.11 Å². The molecule has 0 aromatic heterocycles. The molecule has 1 rings (SSSR count). The zero-order valence-electron chi connectivity index (χ0n) is 5.64. The van der Waals surface area contributed by atoms with Gasteiger partial charge in [-0.15, -0.1) is 0 Å². The molecular formula is C7H3BrF2O2. The van der Waals surface area contributed by atoms with Gasteiger partial charge in [0.15, 0.2) is 11.6 Å². The van der Waals surface area contributed by atoms with Crippen LogP contribution in [0.25, 0.3) is 0 Å². The van der Waals surface area contributed by atoms with Gasteiger partial charge in [-0.3, -0.25) is 0 Å². The molecule has 0 heterocycles. The lowest BCUT2D eigenvalue weighted by Crippen LogP contribution is -1.99.